The molecule has 9 rings (SSSR count). The Labute approximate surface area is 344 Å². The van der Waals surface area contributed by atoms with Crippen LogP contribution in [0.25, 0.3) is 21.8 Å². The van der Waals surface area contributed by atoms with Gasteiger partial charge in [-0.3, -0.25) is 24.6 Å². The van der Waals surface area contributed by atoms with Crippen molar-refractivity contribution in [2.45, 2.75) is 37.7 Å². The monoisotopic (exact) mass is 803 g/mol. The fourth-order valence-corrected chi connectivity index (χ4v) is 9.74. The van der Waals surface area contributed by atoms with Crippen LogP contribution in [0.4, 0.5) is 0 Å². The number of carbonyl (C=O) groups is 2. The molecule has 0 saturated carbocycles. The van der Waals surface area contributed by atoms with Crippen molar-refractivity contribution in [2.75, 3.05) is 20.2 Å². The largest absolute Gasteiger partial charge is 0.506 e. The van der Waals surface area contributed by atoms with Gasteiger partial charge in [0, 0.05) is 48.2 Å². The predicted molar refractivity (Wildman–Crippen MR) is 219 cm³/mol. The second-order valence-corrected chi connectivity index (χ2v) is 15.7. The number of ether oxygens (including phenoxy) is 1. The van der Waals surface area contributed by atoms with E-state index in [1.165, 1.54) is 13.2 Å². The molecule has 5 atom stereocenters. The molecule has 14 heteroatoms. The van der Waals surface area contributed by atoms with Crippen molar-refractivity contribution in [1.29, 1.82) is 0 Å². The zero-order valence-corrected chi connectivity index (χ0v) is 32.7. The van der Waals surface area contributed by atoms with E-state index < -0.39 is 47.0 Å². The molecule has 0 amide bonds. The Balaban J connectivity index is 1.32. The number of para-hydroxylation sites is 2. The molecule has 0 spiro atoms. The predicted octanol–water partition coefficient (Wildman–Crippen LogP) is 6.01. The van der Waals surface area contributed by atoms with E-state index in [2.05, 4.69) is 9.88 Å². The average Bonchev–Trinajstić information content (AvgIpc) is 3.26. The molecule has 2 fully saturated rings. The summed E-state index contributed by atoms with van der Waals surface area (Å²) in [7, 11) is 1.29. The highest BCUT2D eigenvalue weighted by Gasteiger charge is 2.71. The second-order valence-electron chi connectivity index (χ2n) is 15.7. The lowest BCUT2D eigenvalue weighted by atomic mass is 9.54. The van der Waals surface area contributed by atoms with Gasteiger partial charge < -0.3 is 25.2 Å². The van der Waals surface area contributed by atoms with Crippen LogP contribution >= 0.6 is 0 Å². The number of rotatable bonds is 9. The first-order valence-electron chi connectivity index (χ1n) is 19.5. The number of benzene rings is 2. The molecule has 2 bridgehead atoms. The molecule has 5 aromatic heterocycles. The summed E-state index contributed by atoms with van der Waals surface area (Å²) < 4.78 is 5.72. The summed E-state index contributed by atoms with van der Waals surface area (Å²) in [5.74, 6) is -1.90. The highest BCUT2D eigenvalue weighted by Crippen LogP contribution is 2.63. The van der Waals surface area contributed by atoms with Gasteiger partial charge in [0.05, 0.1) is 59.8 Å². The average molecular weight is 804 g/mol. The molecule has 14 nitrogen and oxygen atoms in total. The highest BCUT2D eigenvalue weighted by molar-refractivity contribution is 5.86. The fourth-order valence-electron chi connectivity index (χ4n) is 9.74. The van der Waals surface area contributed by atoms with Crippen molar-refractivity contribution < 1.29 is 34.8 Å². The molecule has 60 heavy (non-hydrogen) atoms. The van der Waals surface area contributed by atoms with Crippen LogP contribution in [0, 0.1) is 10.8 Å². The standard InChI is InChI=1S/C46H41N7O7/c1-45-25-52(39(30-20-18-27-10-7-16-35(54)37(27)50-30)31-21-19-28-11-8-17-36(55)38(28)51-31)26-46(43(45)58,44(59)60-2)41(33-14-4-6-23-48-33)53(40(45)32-13-3-5-22-47-32)24-29-12-9-15-34(49-29)42(56)57/h3-23,39-41,43,54-55,58H,24-26H2,1-2H3,(H,56,57). The van der Waals surface area contributed by atoms with Crippen LogP contribution in [-0.2, 0) is 16.1 Å². The van der Waals surface area contributed by atoms with Crippen molar-refractivity contribution in [3.05, 3.63) is 162 Å². The first-order valence-corrected chi connectivity index (χ1v) is 19.5. The van der Waals surface area contributed by atoms with Crippen LogP contribution in [0.1, 0.15) is 64.0 Å². The minimum Gasteiger partial charge on any atom is -0.506 e. The zero-order valence-electron chi connectivity index (χ0n) is 32.7. The fraction of sp³-hybridized carbons (Fsp3) is 0.239. The highest BCUT2D eigenvalue weighted by atomic mass is 16.5. The number of hydrogen-bond acceptors (Lipinski definition) is 13. The van der Waals surface area contributed by atoms with Gasteiger partial charge in [-0.1, -0.05) is 61.5 Å². The van der Waals surface area contributed by atoms with E-state index in [-0.39, 0.29) is 36.8 Å². The van der Waals surface area contributed by atoms with Crippen LogP contribution in [0.15, 0.2) is 128 Å². The molecule has 7 aromatic rings. The number of phenols is 2. The maximum Gasteiger partial charge on any atom is 0.354 e. The number of aliphatic hydroxyl groups excluding tert-OH is 1. The third-order valence-corrected chi connectivity index (χ3v) is 12.1. The second kappa shape index (κ2) is 15.1. The van der Waals surface area contributed by atoms with E-state index in [0.717, 1.165) is 0 Å². The molecule has 2 aromatic carbocycles. The zero-order chi connectivity index (χ0) is 41.8. The normalized spacial score (nSPS) is 23.2. The molecule has 0 aliphatic carbocycles. The maximum atomic E-state index is 15.0. The Hall–Kier alpha value is -6.87. The number of esters is 1. The molecular formula is C46H41N7O7. The number of aromatic nitrogens is 5. The first kappa shape index (κ1) is 38.6. The Morgan fingerprint density at radius 2 is 1.32 bits per heavy atom. The van der Waals surface area contributed by atoms with Crippen molar-refractivity contribution in [3.63, 3.8) is 0 Å². The van der Waals surface area contributed by atoms with Crippen LogP contribution in [0.3, 0.4) is 0 Å². The number of carbonyl (C=O) groups excluding carboxylic acids is 1. The SMILES string of the molecule is COC(=O)C12CN(C(c3ccc4cccc(O)c4n3)c3ccc4cccc(O)c4n3)CC(C)(C(c3ccccn3)N(Cc3cccc(C(=O)O)n3)C1c1ccccn1)C2O. The number of piperidine rings is 2. The van der Waals surface area contributed by atoms with Crippen LogP contribution < -0.4 is 0 Å². The number of aliphatic hydroxyl groups is 1. The Morgan fingerprint density at radius 1 is 0.733 bits per heavy atom. The van der Waals surface area contributed by atoms with Crippen molar-refractivity contribution in [2.24, 2.45) is 10.8 Å². The first-order chi connectivity index (χ1) is 29.0. The smallest absolute Gasteiger partial charge is 0.354 e. The number of likely N-dealkylation sites (tertiary alicyclic amines) is 2. The van der Waals surface area contributed by atoms with Crippen molar-refractivity contribution in [1.82, 2.24) is 34.7 Å². The summed E-state index contributed by atoms with van der Waals surface area (Å²) >= 11 is 0. The summed E-state index contributed by atoms with van der Waals surface area (Å²) in [5.41, 5.74) is 0.0799. The van der Waals surface area contributed by atoms with Gasteiger partial charge in [0.25, 0.3) is 0 Å². The number of nitrogens with zero attached hydrogens (tertiary/aromatic N) is 7. The number of fused-ring (bicyclic) bond motifs is 4. The molecule has 0 radical (unpaired) electrons. The van der Waals surface area contributed by atoms with E-state index in [9.17, 15) is 25.2 Å². The van der Waals surface area contributed by atoms with Gasteiger partial charge >= 0.3 is 11.9 Å². The number of hydrogen-bond donors (Lipinski definition) is 4. The minimum absolute atomic E-state index is 0.0113. The molecule has 4 N–H and O–H groups in total. The number of aromatic carboxylic acids is 1. The summed E-state index contributed by atoms with van der Waals surface area (Å²) in [6.45, 7) is 2.01. The van der Waals surface area contributed by atoms with E-state index in [1.54, 1.807) is 67.0 Å². The van der Waals surface area contributed by atoms with Gasteiger partial charge in [0.2, 0.25) is 0 Å². The molecule has 2 saturated heterocycles. The summed E-state index contributed by atoms with van der Waals surface area (Å²) in [4.78, 5) is 55.5. The van der Waals surface area contributed by atoms with E-state index in [1.807, 2.05) is 66.4 Å². The van der Waals surface area contributed by atoms with Gasteiger partial charge in [-0.15, -0.1) is 0 Å². The topological polar surface area (TPSA) is 195 Å². The quantitative estimate of drug-likeness (QED) is 0.124. The summed E-state index contributed by atoms with van der Waals surface area (Å²) in [6.07, 6.45) is 1.94. The molecule has 302 valence electrons. The van der Waals surface area contributed by atoms with Gasteiger partial charge in [-0.25, -0.2) is 19.7 Å². The number of carboxylic acid groups (broad SMARTS) is 1. The number of phenolic OH excluding ortho intramolecular Hbond substituents is 2. The van der Waals surface area contributed by atoms with E-state index >= 15 is 4.79 Å². The Kier molecular flexibility index (Phi) is 9.70. The van der Waals surface area contributed by atoms with E-state index in [4.69, 9.17) is 24.7 Å². The molecule has 2 aliphatic heterocycles. The summed E-state index contributed by atoms with van der Waals surface area (Å²) in [5, 5.41) is 46.6. The molecule has 2 aliphatic rings. The Morgan fingerprint density at radius 3 is 1.87 bits per heavy atom. The third kappa shape index (κ3) is 6.27. The van der Waals surface area contributed by atoms with Gasteiger partial charge in [-0.05, 0) is 60.7 Å². The number of pyridine rings is 5. The third-order valence-electron chi connectivity index (χ3n) is 12.1. The minimum atomic E-state index is -1.76. The van der Waals surface area contributed by atoms with Gasteiger partial charge in [-0.2, -0.15) is 0 Å². The lowest BCUT2D eigenvalue weighted by Crippen LogP contribution is -2.75. The lowest BCUT2D eigenvalue weighted by molar-refractivity contribution is -0.250. The maximum absolute atomic E-state index is 15.0. The number of methoxy groups -OCH3 is 1. The number of carboxylic acids is 1. The van der Waals surface area contributed by atoms with Crippen molar-refractivity contribution in [3.8, 4) is 11.5 Å². The van der Waals surface area contributed by atoms with Gasteiger partial charge in [0.15, 0.2) is 0 Å². The van der Waals surface area contributed by atoms with Crippen LogP contribution in [-0.4, -0.2) is 93.4 Å². The van der Waals surface area contributed by atoms with E-state index in [0.29, 0.717) is 50.3 Å². The van der Waals surface area contributed by atoms with Crippen LogP contribution in [0.5, 0.6) is 11.5 Å². The van der Waals surface area contributed by atoms with Crippen molar-refractivity contribution >= 4 is 33.7 Å². The Bertz CT molecular complexity index is 2670. The van der Waals surface area contributed by atoms with Gasteiger partial charge in [0.1, 0.15) is 33.6 Å². The summed E-state index contributed by atoms with van der Waals surface area (Å²) in [6, 6.07) is 30.9. The molecule has 5 unspecified atom stereocenters. The number of aromatic hydroxyl groups is 2. The van der Waals surface area contributed by atoms with Crippen LogP contribution in [0.2, 0.25) is 0 Å². The molecule has 7 heterocycles. The lowest BCUT2D eigenvalue weighted by Gasteiger charge is -2.66. The molecular weight excluding hydrogens is 763 g/mol.